The van der Waals surface area contributed by atoms with Crippen LogP contribution in [0, 0.1) is 5.82 Å². The molecule has 0 bridgehead atoms. The number of benzene rings is 1. The van der Waals surface area contributed by atoms with Gasteiger partial charge < -0.3 is 4.74 Å². The van der Waals surface area contributed by atoms with Crippen molar-refractivity contribution in [2.45, 2.75) is 19.8 Å². The van der Waals surface area contributed by atoms with E-state index in [0.717, 1.165) is 11.1 Å². The Morgan fingerprint density at radius 3 is 2.75 bits per heavy atom. The van der Waals surface area contributed by atoms with E-state index < -0.39 is 11.7 Å². The molecule has 2 rings (SSSR count). The number of methoxy groups -OCH3 is 1. The van der Waals surface area contributed by atoms with Crippen molar-refractivity contribution in [3.05, 3.63) is 34.6 Å². The maximum atomic E-state index is 13.2. The Bertz CT molecular complexity index is 628. The average molecular weight is 295 g/mol. The van der Waals surface area contributed by atoms with Crippen LogP contribution < -0.4 is 10.1 Å². The van der Waals surface area contributed by atoms with Gasteiger partial charge >= 0.3 is 0 Å². The molecule has 1 amide bonds. The molecular formula is C13H14FN3O2S. The van der Waals surface area contributed by atoms with Gasteiger partial charge in [-0.1, -0.05) is 25.2 Å². The largest absolute Gasteiger partial charge is 0.496 e. The van der Waals surface area contributed by atoms with Crippen molar-refractivity contribution < 1.29 is 13.9 Å². The van der Waals surface area contributed by atoms with Gasteiger partial charge in [-0.3, -0.25) is 10.1 Å². The first-order chi connectivity index (χ1) is 9.51. The number of hydrogen-bond acceptors (Lipinski definition) is 5. The van der Waals surface area contributed by atoms with E-state index in [4.69, 9.17) is 4.74 Å². The second-order valence-corrected chi connectivity index (χ2v) is 5.41. The molecule has 0 aliphatic heterocycles. The van der Waals surface area contributed by atoms with Crippen LogP contribution >= 0.6 is 11.3 Å². The fraction of sp³-hybridized carbons (Fsp3) is 0.308. The summed E-state index contributed by atoms with van der Waals surface area (Å²) in [5.41, 5.74) is 0.119. The molecule has 5 nitrogen and oxygen atoms in total. The Morgan fingerprint density at radius 1 is 1.40 bits per heavy atom. The Labute approximate surface area is 119 Å². The van der Waals surface area contributed by atoms with Gasteiger partial charge in [-0.25, -0.2) is 4.39 Å². The van der Waals surface area contributed by atoms with Crippen molar-refractivity contribution in [2.75, 3.05) is 12.4 Å². The fourth-order valence-corrected chi connectivity index (χ4v) is 2.28. The van der Waals surface area contributed by atoms with E-state index >= 15 is 0 Å². The van der Waals surface area contributed by atoms with Crippen LogP contribution in [-0.4, -0.2) is 23.2 Å². The fourth-order valence-electron chi connectivity index (χ4n) is 1.54. The molecule has 0 saturated heterocycles. The summed E-state index contributed by atoms with van der Waals surface area (Å²) in [6, 6.07) is 3.76. The number of halogens is 1. The smallest absolute Gasteiger partial charge is 0.261 e. The maximum absolute atomic E-state index is 13.2. The van der Waals surface area contributed by atoms with Crippen LogP contribution in [0.4, 0.5) is 9.52 Å². The topological polar surface area (TPSA) is 64.1 Å². The van der Waals surface area contributed by atoms with E-state index in [1.54, 1.807) is 0 Å². The van der Waals surface area contributed by atoms with Crippen LogP contribution in [0.2, 0.25) is 0 Å². The number of nitrogens with one attached hydrogen (secondary N) is 1. The molecule has 1 aromatic carbocycles. The van der Waals surface area contributed by atoms with E-state index in [9.17, 15) is 9.18 Å². The summed E-state index contributed by atoms with van der Waals surface area (Å²) in [4.78, 5) is 12.1. The van der Waals surface area contributed by atoms with Gasteiger partial charge in [0.15, 0.2) is 0 Å². The van der Waals surface area contributed by atoms with E-state index in [2.05, 4.69) is 15.5 Å². The van der Waals surface area contributed by atoms with E-state index in [0.29, 0.717) is 10.9 Å². The Hall–Kier alpha value is -2.02. The lowest BCUT2D eigenvalue weighted by Crippen LogP contribution is -2.13. The molecule has 0 spiro atoms. The van der Waals surface area contributed by atoms with Crippen molar-refractivity contribution in [3.63, 3.8) is 0 Å². The van der Waals surface area contributed by atoms with E-state index in [1.165, 1.54) is 30.6 Å². The van der Waals surface area contributed by atoms with Gasteiger partial charge in [-0.2, -0.15) is 0 Å². The number of ether oxygens (including phenoxy) is 1. The molecule has 0 aliphatic rings. The highest BCUT2D eigenvalue weighted by Crippen LogP contribution is 2.25. The summed E-state index contributed by atoms with van der Waals surface area (Å²) in [7, 11) is 1.42. The van der Waals surface area contributed by atoms with Crippen molar-refractivity contribution in [2.24, 2.45) is 0 Å². The molecule has 1 aromatic heterocycles. The van der Waals surface area contributed by atoms with Gasteiger partial charge in [-0.05, 0) is 18.2 Å². The summed E-state index contributed by atoms with van der Waals surface area (Å²) in [6.07, 6.45) is 0. The number of anilines is 1. The third-order valence-corrected chi connectivity index (χ3v) is 3.70. The minimum absolute atomic E-state index is 0.119. The standard InChI is InChI=1S/C13H14FN3O2S/c1-7(2)12-16-17-13(20-12)15-11(18)9-6-8(14)4-5-10(9)19-3/h4-7H,1-3H3,(H,15,17,18). The first-order valence-electron chi connectivity index (χ1n) is 5.99. The summed E-state index contributed by atoms with van der Waals surface area (Å²) < 4.78 is 18.3. The molecule has 0 atom stereocenters. The first-order valence-corrected chi connectivity index (χ1v) is 6.81. The molecule has 0 unspecified atom stereocenters. The van der Waals surface area contributed by atoms with Gasteiger partial charge in [0.2, 0.25) is 5.13 Å². The molecule has 1 heterocycles. The molecule has 7 heteroatoms. The third-order valence-electron chi connectivity index (χ3n) is 2.56. The number of amides is 1. The van der Waals surface area contributed by atoms with Crippen LogP contribution in [0.15, 0.2) is 18.2 Å². The monoisotopic (exact) mass is 295 g/mol. The number of rotatable bonds is 4. The van der Waals surface area contributed by atoms with Gasteiger partial charge in [0.25, 0.3) is 5.91 Å². The summed E-state index contributed by atoms with van der Waals surface area (Å²) in [5.74, 6) is -0.441. The molecule has 1 N–H and O–H groups in total. The van der Waals surface area contributed by atoms with Gasteiger partial charge in [0.1, 0.15) is 16.6 Å². The van der Waals surface area contributed by atoms with Crippen molar-refractivity contribution >= 4 is 22.4 Å². The van der Waals surface area contributed by atoms with Crippen LogP contribution in [0.3, 0.4) is 0 Å². The molecule has 0 aliphatic carbocycles. The zero-order chi connectivity index (χ0) is 14.7. The number of nitrogens with zero attached hydrogens (tertiary/aromatic N) is 2. The lowest BCUT2D eigenvalue weighted by Gasteiger charge is -2.07. The first kappa shape index (κ1) is 14.4. The minimum Gasteiger partial charge on any atom is -0.496 e. The summed E-state index contributed by atoms with van der Waals surface area (Å²) >= 11 is 1.29. The zero-order valence-corrected chi connectivity index (χ0v) is 12.1. The zero-order valence-electron chi connectivity index (χ0n) is 11.3. The second kappa shape index (κ2) is 5.96. The highest BCUT2D eigenvalue weighted by atomic mass is 32.1. The Balaban J connectivity index is 2.21. The van der Waals surface area contributed by atoms with Crippen LogP contribution in [0.25, 0.3) is 0 Å². The maximum Gasteiger partial charge on any atom is 0.261 e. The van der Waals surface area contributed by atoms with Gasteiger partial charge in [0.05, 0.1) is 12.7 Å². The highest BCUT2D eigenvalue weighted by Gasteiger charge is 2.16. The molecule has 20 heavy (non-hydrogen) atoms. The SMILES string of the molecule is COc1ccc(F)cc1C(=O)Nc1nnc(C(C)C)s1. The van der Waals surface area contributed by atoms with Gasteiger partial charge in [0, 0.05) is 5.92 Å². The van der Waals surface area contributed by atoms with Crippen molar-refractivity contribution in [3.8, 4) is 5.75 Å². The lowest BCUT2D eigenvalue weighted by atomic mass is 10.2. The summed E-state index contributed by atoms with van der Waals surface area (Å²) in [6.45, 7) is 3.98. The third kappa shape index (κ3) is 3.11. The molecule has 2 aromatic rings. The molecule has 0 radical (unpaired) electrons. The number of hydrogen-bond donors (Lipinski definition) is 1. The molecule has 0 fully saturated rings. The molecule has 106 valence electrons. The number of carbonyl (C=O) groups excluding carboxylic acids is 1. The molecule has 0 saturated carbocycles. The highest BCUT2D eigenvalue weighted by molar-refractivity contribution is 7.15. The van der Waals surface area contributed by atoms with E-state index in [-0.39, 0.29) is 11.5 Å². The second-order valence-electron chi connectivity index (χ2n) is 4.40. The normalized spacial score (nSPS) is 10.7. The molecular weight excluding hydrogens is 281 g/mol. The minimum atomic E-state index is -0.504. The van der Waals surface area contributed by atoms with Crippen molar-refractivity contribution in [1.29, 1.82) is 0 Å². The van der Waals surface area contributed by atoms with Crippen LogP contribution in [0.1, 0.15) is 35.1 Å². The van der Waals surface area contributed by atoms with Crippen molar-refractivity contribution in [1.82, 2.24) is 10.2 Å². The van der Waals surface area contributed by atoms with Crippen LogP contribution in [0.5, 0.6) is 5.75 Å². The number of carbonyl (C=O) groups is 1. The Kier molecular flexibility index (Phi) is 4.29. The quantitative estimate of drug-likeness (QED) is 0.941. The predicted octanol–water partition coefficient (Wildman–Crippen LogP) is 3.06. The lowest BCUT2D eigenvalue weighted by molar-refractivity contribution is 0.102. The number of aromatic nitrogens is 2. The van der Waals surface area contributed by atoms with Gasteiger partial charge in [-0.15, -0.1) is 10.2 Å². The Morgan fingerprint density at radius 2 is 2.15 bits per heavy atom. The summed E-state index contributed by atoms with van der Waals surface area (Å²) in [5, 5.41) is 11.7. The van der Waals surface area contributed by atoms with Crippen LogP contribution in [-0.2, 0) is 0 Å². The average Bonchev–Trinajstić information content (AvgIpc) is 2.87. The predicted molar refractivity (Wildman–Crippen MR) is 74.9 cm³/mol. The van der Waals surface area contributed by atoms with E-state index in [1.807, 2.05) is 13.8 Å².